The summed E-state index contributed by atoms with van der Waals surface area (Å²) in [6, 6.07) is 21.1. The molecular formula is C21H15NO2S. The largest absolute Gasteiger partial charge is 0.303 e. The molecule has 2 heterocycles. The van der Waals surface area contributed by atoms with Gasteiger partial charge in [0.1, 0.15) is 0 Å². The van der Waals surface area contributed by atoms with Gasteiger partial charge >= 0.3 is 0 Å². The van der Waals surface area contributed by atoms with E-state index in [2.05, 4.69) is 0 Å². The van der Waals surface area contributed by atoms with Gasteiger partial charge in [-0.15, -0.1) is 11.3 Å². The van der Waals surface area contributed by atoms with Crippen molar-refractivity contribution in [3.05, 3.63) is 94.2 Å². The molecule has 0 N–H and O–H groups in total. The van der Waals surface area contributed by atoms with Crippen molar-refractivity contribution in [3.63, 3.8) is 0 Å². The summed E-state index contributed by atoms with van der Waals surface area (Å²) in [6.07, 6.45) is 1.47. The molecule has 0 radical (unpaired) electrons. The van der Waals surface area contributed by atoms with E-state index in [0.717, 1.165) is 16.8 Å². The Balaban J connectivity index is 1.72. The van der Waals surface area contributed by atoms with E-state index in [0.29, 0.717) is 17.0 Å². The van der Waals surface area contributed by atoms with Crippen molar-refractivity contribution in [2.75, 3.05) is 4.90 Å². The maximum atomic E-state index is 13.0. The second kappa shape index (κ2) is 6.49. The van der Waals surface area contributed by atoms with E-state index >= 15 is 0 Å². The summed E-state index contributed by atoms with van der Waals surface area (Å²) in [5, 5.41) is 1.86. The van der Waals surface area contributed by atoms with Crippen LogP contribution in [0.4, 0.5) is 5.69 Å². The zero-order chi connectivity index (χ0) is 17.2. The number of ketones is 1. The number of nitrogens with zero attached hydrogens (tertiary/aromatic N) is 1. The number of amides is 1. The third kappa shape index (κ3) is 2.92. The molecule has 0 fully saturated rings. The van der Waals surface area contributed by atoms with Gasteiger partial charge in [-0.1, -0.05) is 54.6 Å². The summed E-state index contributed by atoms with van der Waals surface area (Å²) in [6.45, 7) is 0.487. The quantitative estimate of drug-likeness (QED) is 0.513. The third-order valence-electron chi connectivity index (χ3n) is 4.18. The highest BCUT2D eigenvalue weighted by Gasteiger charge is 2.32. The summed E-state index contributed by atoms with van der Waals surface area (Å²) >= 11 is 1.38. The lowest BCUT2D eigenvalue weighted by Crippen LogP contribution is -2.25. The van der Waals surface area contributed by atoms with Crippen LogP contribution in [0.25, 0.3) is 5.57 Å². The number of thiophene rings is 1. The zero-order valence-electron chi connectivity index (χ0n) is 13.4. The highest BCUT2D eigenvalue weighted by Crippen LogP contribution is 2.37. The number of fused-ring (bicyclic) bond motifs is 1. The Morgan fingerprint density at radius 3 is 2.48 bits per heavy atom. The minimum Gasteiger partial charge on any atom is -0.303 e. The fraction of sp³-hybridized carbons (Fsp3) is 0.0476. The number of carbonyl (C=O) groups excluding carboxylic acids is 2. The van der Waals surface area contributed by atoms with Crippen molar-refractivity contribution in [2.24, 2.45) is 0 Å². The molecule has 1 aliphatic heterocycles. The van der Waals surface area contributed by atoms with Gasteiger partial charge in [0.2, 0.25) is 0 Å². The Morgan fingerprint density at radius 1 is 0.960 bits per heavy atom. The first-order valence-corrected chi connectivity index (χ1v) is 8.87. The Labute approximate surface area is 149 Å². The molecule has 122 valence electrons. The van der Waals surface area contributed by atoms with Gasteiger partial charge in [0.05, 0.1) is 22.7 Å². The number of para-hydroxylation sites is 1. The average molecular weight is 345 g/mol. The summed E-state index contributed by atoms with van der Waals surface area (Å²) in [5.74, 6) is -0.260. The Kier molecular flexibility index (Phi) is 4.04. The van der Waals surface area contributed by atoms with Crippen molar-refractivity contribution >= 4 is 34.3 Å². The van der Waals surface area contributed by atoms with Crippen LogP contribution in [0.5, 0.6) is 0 Å². The molecule has 1 aromatic heterocycles. The minimum absolute atomic E-state index is 0.130. The normalized spacial score (nSPS) is 14.8. The van der Waals surface area contributed by atoms with Crippen LogP contribution in [-0.2, 0) is 11.3 Å². The average Bonchev–Trinajstić information content (AvgIpc) is 3.26. The standard InChI is InChI=1S/C21H15NO2S/c23-19(20-11-6-12-25-20)13-17-16-9-4-5-10-18(16)22(21(17)24)14-15-7-2-1-3-8-15/h1-13H,14H2/b17-13+. The van der Waals surface area contributed by atoms with Gasteiger partial charge in [0.25, 0.3) is 5.91 Å². The van der Waals surface area contributed by atoms with Crippen LogP contribution in [0.1, 0.15) is 20.8 Å². The van der Waals surface area contributed by atoms with E-state index < -0.39 is 0 Å². The topological polar surface area (TPSA) is 37.4 Å². The molecule has 0 atom stereocenters. The third-order valence-corrected chi connectivity index (χ3v) is 5.07. The van der Waals surface area contributed by atoms with Crippen molar-refractivity contribution in [1.29, 1.82) is 0 Å². The molecule has 3 aromatic rings. The monoisotopic (exact) mass is 345 g/mol. The number of anilines is 1. The maximum absolute atomic E-state index is 13.0. The van der Waals surface area contributed by atoms with Crippen LogP contribution < -0.4 is 4.90 Å². The van der Waals surface area contributed by atoms with E-state index in [9.17, 15) is 9.59 Å². The number of carbonyl (C=O) groups is 2. The van der Waals surface area contributed by atoms with Crippen LogP contribution in [0, 0.1) is 0 Å². The van der Waals surface area contributed by atoms with E-state index in [1.165, 1.54) is 17.4 Å². The number of hydrogen-bond donors (Lipinski definition) is 0. The molecule has 25 heavy (non-hydrogen) atoms. The number of rotatable bonds is 4. The van der Waals surface area contributed by atoms with Crippen LogP contribution >= 0.6 is 11.3 Å². The second-order valence-electron chi connectivity index (χ2n) is 5.79. The molecule has 0 bridgehead atoms. The summed E-state index contributed by atoms with van der Waals surface area (Å²) < 4.78 is 0. The van der Waals surface area contributed by atoms with E-state index in [1.807, 2.05) is 66.0 Å². The maximum Gasteiger partial charge on any atom is 0.259 e. The zero-order valence-corrected chi connectivity index (χ0v) is 14.2. The van der Waals surface area contributed by atoms with Gasteiger partial charge in [0.15, 0.2) is 5.78 Å². The van der Waals surface area contributed by atoms with Gasteiger partial charge in [-0.25, -0.2) is 0 Å². The van der Waals surface area contributed by atoms with Gasteiger partial charge in [-0.05, 0) is 23.1 Å². The molecule has 0 spiro atoms. The fourth-order valence-corrected chi connectivity index (χ4v) is 3.63. The van der Waals surface area contributed by atoms with Gasteiger partial charge in [0, 0.05) is 11.6 Å². The Bertz CT molecular complexity index is 959. The first kappa shape index (κ1) is 15.5. The lowest BCUT2D eigenvalue weighted by atomic mass is 10.1. The molecule has 4 heteroatoms. The SMILES string of the molecule is O=C(/C=C1/C(=O)N(Cc2ccccc2)c2ccccc21)c1cccs1. The fourth-order valence-electron chi connectivity index (χ4n) is 2.99. The second-order valence-corrected chi connectivity index (χ2v) is 6.74. The molecule has 3 nitrogen and oxygen atoms in total. The highest BCUT2D eigenvalue weighted by molar-refractivity contribution is 7.12. The van der Waals surface area contributed by atoms with Crippen molar-refractivity contribution in [3.8, 4) is 0 Å². The van der Waals surface area contributed by atoms with Crippen molar-refractivity contribution in [1.82, 2.24) is 0 Å². The van der Waals surface area contributed by atoms with Gasteiger partial charge < -0.3 is 4.90 Å². The number of benzene rings is 2. The number of allylic oxidation sites excluding steroid dienone is 1. The van der Waals surface area contributed by atoms with Crippen molar-refractivity contribution in [2.45, 2.75) is 6.54 Å². The van der Waals surface area contributed by atoms with Crippen LogP contribution in [0.3, 0.4) is 0 Å². The lowest BCUT2D eigenvalue weighted by Gasteiger charge is -2.17. The predicted octanol–water partition coefficient (Wildman–Crippen LogP) is 4.56. The molecule has 0 saturated heterocycles. The van der Waals surface area contributed by atoms with E-state index in [1.54, 1.807) is 11.0 Å². The first-order valence-electron chi connectivity index (χ1n) is 7.99. The lowest BCUT2D eigenvalue weighted by molar-refractivity contribution is -0.113. The van der Waals surface area contributed by atoms with Crippen LogP contribution in [0.2, 0.25) is 0 Å². The van der Waals surface area contributed by atoms with Gasteiger partial charge in [-0.3, -0.25) is 9.59 Å². The van der Waals surface area contributed by atoms with Crippen LogP contribution in [0.15, 0.2) is 78.2 Å². The molecule has 0 unspecified atom stereocenters. The van der Waals surface area contributed by atoms with E-state index in [4.69, 9.17) is 0 Å². The molecule has 1 amide bonds. The number of hydrogen-bond acceptors (Lipinski definition) is 3. The minimum atomic E-state index is -0.130. The van der Waals surface area contributed by atoms with E-state index in [-0.39, 0.29) is 11.7 Å². The Hall–Kier alpha value is -2.98. The molecule has 2 aromatic carbocycles. The molecule has 1 aliphatic rings. The molecule has 0 saturated carbocycles. The summed E-state index contributed by atoms with van der Waals surface area (Å²) in [5.41, 5.74) is 3.18. The highest BCUT2D eigenvalue weighted by atomic mass is 32.1. The van der Waals surface area contributed by atoms with Gasteiger partial charge in [-0.2, -0.15) is 0 Å². The first-order chi connectivity index (χ1) is 12.2. The van der Waals surface area contributed by atoms with Crippen LogP contribution in [-0.4, -0.2) is 11.7 Å². The van der Waals surface area contributed by atoms with Crippen molar-refractivity contribution < 1.29 is 9.59 Å². The molecule has 0 aliphatic carbocycles. The summed E-state index contributed by atoms with van der Waals surface area (Å²) in [7, 11) is 0. The smallest absolute Gasteiger partial charge is 0.259 e. The molecular weight excluding hydrogens is 330 g/mol. The Morgan fingerprint density at radius 2 is 1.72 bits per heavy atom. The molecule has 4 rings (SSSR count). The predicted molar refractivity (Wildman–Crippen MR) is 101 cm³/mol. The summed E-state index contributed by atoms with van der Waals surface area (Å²) in [4.78, 5) is 27.8.